The molecule has 17 heavy (non-hydrogen) atoms. The average molecular weight is 253 g/mol. The highest BCUT2D eigenvalue weighted by Crippen LogP contribution is 2.25. The molecule has 0 radical (unpaired) electrons. The number of halogens is 1. The first-order valence-electron chi connectivity index (χ1n) is 5.89. The molecule has 0 aliphatic carbocycles. The molecule has 0 aliphatic heterocycles. The Bertz CT molecular complexity index is 507. The predicted octanol–water partition coefficient (Wildman–Crippen LogP) is 3.29. The smallest absolute Gasteiger partial charge is 0.0700 e. The van der Waals surface area contributed by atoms with Crippen LogP contribution in [0.3, 0.4) is 0 Å². The fourth-order valence-electron chi connectivity index (χ4n) is 1.93. The first-order valence-corrected chi connectivity index (χ1v) is 6.27. The van der Waals surface area contributed by atoms with Crippen LogP contribution in [0.2, 0.25) is 5.02 Å². The minimum absolute atomic E-state index is 0.753. The highest BCUT2D eigenvalue weighted by Gasteiger charge is 2.07. The third-order valence-electron chi connectivity index (χ3n) is 2.90. The van der Waals surface area contributed by atoms with Gasteiger partial charge in [0.05, 0.1) is 16.7 Å². The summed E-state index contributed by atoms with van der Waals surface area (Å²) in [5.74, 6) is 0. The second-order valence-electron chi connectivity index (χ2n) is 4.08. The van der Waals surface area contributed by atoms with Crippen LogP contribution in [0.25, 0.3) is 10.9 Å². The van der Waals surface area contributed by atoms with Crippen molar-refractivity contribution in [2.24, 2.45) is 0 Å². The van der Waals surface area contributed by atoms with Gasteiger partial charge in [0, 0.05) is 25.6 Å². The van der Waals surface area contributed by atoms with Crippen LogP contribution < -0.4 is 0 Å². The van der Waals surface area contributed by atoms with E-state index in [2.05, 4.69) is 18.1 Å². The lowest BCUT2D eigenvalue weighted by molar-refractivity contribution is 0.189. The van der Waals surface area contributed by atoms with Gasteiger partial charge in [0.1, 0.15) is 0 Å². The van der Waals surface area contributed by atoms with Crippen molar-refractivity contribution in [3.63, 3.8) is 0 Å². The second-order valence-corrected chi connectivity index (χ2v) is 4.49. The first kappa shape index (κ1) is 12.4. The summed E-state index contributed by atoms with van der Waals surface area (Å²) in [4.78, 5) is 0. The molecule has 0 N–H and O–H groups in total. The molecule has 2 aromatic rings. The summed E-state index contributed by atoms with van der Waals surface area (Å²) < 4.78 is 7.05. The largest absolute Gasteiger partial charge is 0.385 e. The summed E-state index contributed by atoms with van der Waals surface area (Å²) in [5, 5.41) is 6.20. The van der Waals surface area contributed by atoms with Gasteiger partial charge >= 0.3 is 0 Å². The van der Waals surface area contributed by atoms with Gasteiger partial charge in [0.2, 0.25) is 0 Å². The lowest BCUT2D eigenvalue weighted by Gasteiger charge is -2.05. The van der Waals surface area contributed by atoms with Gasteiger partial charge in [-0.05, 0) is 30.5 Å². The topological polar surface area (TPSA) is 27.1 Å². The van der Waals surface area contributed by atoms with E-state index < -0.39 is 0 Å². The van der Waals surface area contributed by atoms with E-state index in [0.717, 1.165) is 41.9 Å². The second kappa shape index (κ2) is 5.52. The van der Waals surface area contributed by atoms with Gasteiger partial charge in [-0.15, -0.1) is 0 Å². The van der Waals surface area contributed by atoms with Gasteiger partial charge in [0.25, 0.3) is 0 Å². The van der Waals surface area contributed by atoms with Crippen molar-refractivity contribution in [1.29, 1.82) is 0 Å². The van der Waals surface area contributed by atoms with Crippen molar-refractivity contribution >= 4 is 22.5 Å². The average Bonchev–Trinajstić information content (AvgIpc) is 2.73. The Morgan fingerprint density at radius 2 is 2.24 bits per heavy atom. The van der Waals surface area contributed by atoms with Crippen LogP contribution in [-0.2, 0) is 17.7 Å². The lowest BCUT2D eigenvalue weighted by atomic mass is 10.1. The van der Waals surface area contributed by atoms with Crippen molar-refractivity contribution in [3.05, 3.63) is 28.9 Å². The monoisotopic (exact) mass is 252 g/mol. The normalized spacial score (nSPS) is 11.2. The Hall–Kier alpha value is -1.06. The molecular weight excluding hydrogens is 236 g/mol. The molecule has 0 spiro atoms. The molecule has 0 unspecified atom stereocenters. The van der Waals surface area contributed by atoms with Gasteiger partial charge in [-0.2, -0.15) is 5.10 Å². The molecule has 0 amide bonds. The fourth-order valence-corrected chi connectivity index (χ4v) is 2.22. The van der Waals surface area contributed by atoms with Crippen molar-refractivity contribution < 1.29 is 4.74 Å². The van der Waals surface area contributed by atoms with E-state index in [0.29, 0.717) is 0 Å². The zero-order chi connectivity index (χ0) is 12.3. The predicted molar refractivity (Wildman–Crippen MR) is 70.6 cm³/mol. The Labute approximate surface area is 106 Å². The number of methoxy groups -OCH3 is 1. The van der Waals surface area contributed by atoms with E-state index in [4.69, 9.17) is 16.3 Å². The van der Waals surface area contributed by atoms with Crippen molar-refractivity contribution in [2.75, 3.05) is 13.7 Å². The van der Waals surface area contributed by atoms with Gasteiger partial charge < -0.3 is 4.74 Å². The van der Waals surface area contributed by atoms with Gasteiger partial charge in [-0.25, -0.2) is 0 Å². The number of nitrogens with zero attached hydrogens (tertiary/aromatic N) is 2. The number of hydrogen-bond donors (Lipinski definition) is 0. The minimum Gasteiger partial charge on any atom is -0.385 e. The quantitative estimate of drug-likeness (QED) is 0.764. The van der Waals surface area contributed by atoms with E-state index in [9.17, 15) is 0 Å². The summed E-state index contributed by atoms with van der Waals surface area (Å²) in [6, 6.07) is 4.19. The van der Waals surface area contributed by atoms with Gasteiger partial charge in [0.15, 0.2) is 0 Å². The van der Waals surface area contributed by atoms with Crippen LogP contribution in [0.1, 0.15) is 18.9 Å². The Balaban J connectivity index is 2.33. The SMILES string of the molecule is CCc1cc(Cl)c2cnn(CCCOC)c2c1. The third-order valence-corrected chi connectivity index (χ3v) is 3.21. The van der Waals surface area contributed by atoms with E-state index in [1.165, 1.54) is 5.56 Å². The third kappa shape index (κ3) is 2.61. The van der Waals surface area contributed by atoms with Crippen LogP contribution in [-0.4, -0.2) is 23.5 Å². The first-order chi connectivity index (χ1) is 8.26. The molecule has 0 bridgehead atoms. The Morgan fingerprint density at radius 1 is 1.41 bits per heavy atom. The van der Waals surface area contributed by atoms with Gasteiger partial charge in [-0.3, -0.25) is 4.68 Å². The summed E-state index contributed by atoms with van der Waals surface area (Å²) in [7, 11) is 1.72. The van der Waals surface area contributed by atoms with Crippen LogP contribution in [0.5, 0.6) is 0 Å². The number of aromatic nitrogens is 2. The zero-order valence-corrected chi connectivity index (χ0v) is 11.0. The van der Waals surface area contributed by atoms with Gasteiger partial charge in [-0.1, -0.05) is 18.5 Å². The molecule has 4 heteroatoms. The highest BCUT2D eigenvalue weighted by atomic mass is 35.5. The number of rotatable bonds is 5. The highest BCUT2D eigenvalue weighted by molar-refractivity contribution is 6.35. The fraction of sp³-hybridized carbons (Fsp3) is 0.462. The number of fused-ring (bicyclic) bond motifs is 1. The molecule has 0 fully saturated rings. The number of aryl methyl sites for hydroxylation is 2. The maximum Gasteiger partial charge on any atom is 0.0700 e. The number of ether oxygens (including phenoxy) is 1. The summed E-state index contributed by atoms with van der Waals surface area (Å²) in [6.45, 7) is 3.74. The lowest BCUT2D eigenvalue weighted by Crippen LogP contribution is -2.03. The van der Waals surface area contributed by atoms with Crippen LogP contribution >= 0.6 is 11.6 Å². The summed E-state index contributed by atoms with van der Waals surface area (Å²) >= 11 is 6.24. The zero-order valence-electron chi connectivity index (χ0n) is 10.2. The van der Waals surface area contributed by atoms with Crippen molar-refractivity contribution in [3.8, 4) is 0 Å². The summed E-state index contributed by atoms with van der Waals surface area (Å²) in [5.41, 5.74) is 2.36. The molecule has 1 aromatic carbocycles. The molecule has 1 heterocycles. The van der Waals surface area contributed by atoms with Crippen molar-refractivity contribution in [2.45, 2.75) is 26.3 Å². The Kier molecular flexibility index (Phi) is 4.02. The van der Waals surface area contributed by atoms with Crippen molar-refractivity contribution in [1.82, 2.24) is 9.78 Å². The number of hydrogen-bond acceptors (Lipinski definition) is 2. The maximum absolute atomic E-state index is 6.24. The minimum atomic E-state index is 0.753. The molecule has 2 rings (SSSR count). The van der Waals surface area contributed by atoms with E-state index in [1.807, 2.05) is 16.9 Å². The van der Waals surface area contributed by atoms with E-state index >= 15 is 0 Å². The van der Waals surface area contributed by atoms with Crippen LogP contribution in [0.15, 0.2) is 18.3 Å². The van der Waals surface area contributed by atoms with Crippen LogP contribution in [0, 0.1) is 0 Å². The summed E-state index contributed by atoms with van der Waals surface area (Å²) in [6.07, 6.45) is 3.78. The van der Waals surface area contributed by atoms with E-state index in [-0.39, 0.29) is 0 Å². The molecule has 0 atom stereocenters. The molecule has 3 nitrogen and oxygen atoms in total. The standard InChI is InChI=1S/C13H17ClN2O/c1-3-10-7-12(14)11-9-15-16(13(11)8-10)5-4-6-17-2/h7-9H,3-6H2,1-2H3. The molecule has 1 aromatic heterocycles. The van der Waals surface area contributed by atoms with E-state index in [1.54, 1.807) is 7.11 Å². The molecule has 0 saturated heterocycles. The molecule has 92 valence electrons. The molecular formula is C13H17ClN2O. The number of benzene rings is 1. The van der Waals surface area contributed by atoms with Crippen LogP contribution in [0.4, 0.5) is 0 Å². The molecule has 0 aliphatic rings. The molecule has 0 saturated carbocycles. The maximum atomic E-state index is 6.24. The Morgan fingerprint density at radius 3 is 2.94 bits per heavy atom.